The van der Waals surface area contributed by atoms with Crippen molar-refractivity contribution < 1.29 is 18.9 Å². The Kier molecular flexibility index (Phi) is 6.09. The van der Waals surface area contributed by atoms with Crippen LogP contribution in [-0.2, 0) is 9.59 Å². The van der Waals surface area contributed by atoms with Crippen molar-refractivity contribution in [3.05, 3.63) is 80.9 Å². The third-order valence-electron chi connectivity index (χ3n) is 4.58. The van der Waals surface area contributed by atoms with Crippen molar-refractivity contribution in [2.75, 3.05) is 5.32 Å². The van der Waals surface area contributed by atoms with Crippen molar-refractivity contribution in [2.24, 2.45) is 4.99 Å². The van der Waals surface area contributed by atoms with Crippen molar-refractivity contribution in [2.45, 2.75) is 13.8 Å². The number of furan rings is 1. The number of nitro groups is 1. The molecule has 0 bridgehead atoms. The molecule has 0 radical (unpaired) electrons. The molecule has 10 heteroatoms. The number of carbonyl (C=O) groups excluding carboxylic acids is 2. The Hall–Kier alpha value is -4.18. The molecule has 1 aliphatic rings. The first-order chi connectivity index (χ1) is 15.8. The van der Waals surface area contributed by atoms with E-state index in [0.29, 0.717) is 38.5 Å². The summed E-state index contributed by atoms with van der Waals surface area (Å²) >= 11 is 1.15. The summed E-state index contributed by atoms with van der Waals surface area (Å²) in [6.45, 7) is 3.21. The Bertz CT molecular complexity index is 1320. The van der Waals surface area contributed by atoms with Gasteiger partial charge in [-0.1, -0.05) is 6.07 Å². The zero-order chi connectivity index (χ0) is 23.5. The molecular weight excluding hydrogens is 444 g/mol. The SMILES string of the molecule is CC(=O)Nc1ccc(N=C2NC(=O)C(=Cc3ccc(-c4ccc(C)cc4[N+](=O)[O-])o3)S2)cc1. The lowest BCUT2D eigenvalue weighted by molar-refractivity contribution is -0.384. The monoisotopic (exact) mass is 462 g/mol. The van der Waals surface area contributed by atoms with Crippen molar-refractivity contribution in [1.29, 1.82) is 0 Å². The molecule has 33 heavy (non-hydrogen) atoms. The number of aliphatic imine (C=N–C) groups is 1. The van der Waals surface area contributed by atoms with E-state index < -0.39 is 4.92 Å². The van der Waals surface area contributed by atoms with E-state index in [2.05, 4.69) is 15.6 Å². The van der Waals surface area contributed by atoms with Crippen LogP contribution in [-0.4, -0.2) is 21.9 Å². The number of rotatable bonds is 5. The van der Waals surface area contributed by atoms with Crippen LogP contribution in [0.3, 0.4) is 0 Å². The number of amides is 2. The van der Waals surface area contributed by atoms with Crippen LogP contribution in [0.5, 0.6) is 0 Å². The third kappa shape index (κ3) is 5.18. The van der Waals surface area contributed by atoms with E-state index >= 15 is 0 Å². The van der Waals surface area contributed by atoms with Crippen LogP contribution in [0.2, 0.25) is 0 Å². The average molecular weight is 462 g/mol. The van der Waals surface area contributed by atoms with Gasteiger partial charge in [-0.2, -0.15) is 0 Å². The molecule has 0 unspecified atom stereocenters. The number of benzene rings is 2. The van der Waals surface area contributed by atoms with E-state index in [4.69, 9.17) is 4.42 Å². The summed E-state index contributed by atoms with van der Waals surface area (Å²) in [5, 5.41) is 17.2. The van der Waals surface area contributed by atoms with Crippen LogP contribution in [0.1, 0.15) is 18.2 Å². The van der Waals surface area contributed by atoms with Gasteiger partial charge >= 0.3 is 0 Å². The fourth-order valence-corrected chi connectivity index (χ4v) is 3.95. The number of amidine groups is 1. The van der Waals surface area contributed by atoms with E-state index in [9.17, 15) is 19.7 Å². The molecule has 1 fully saturated rings. The van der Waals surface area contributed by atoms with Crippen molar-refractivity contribution in [3.63, 3.8) is 0 Å². The second-order valence-corrected chi connectivity index (χ2v) is 8.22. The van der Waals surface area contributed by atoms with E-state index in [1.165, 1.54) is 13.0 Å². The maximum absolute atomic E-state index is 12.4. The lowest BCUT2D eigenvalue weighted by Crippen LogP contribution is -2.19. The first-order valence-electron chi connectivity index (χ1n) is 9.81. The van der Waals surface area contributed by atoms with Crippen molar-refractivity contribution in [1.82, 2.24) is 5.32 Å². The molecule has 0 aliphatic carbocycles. The summed E-state index contributed by atoms with van der Waals surface area (Å²) in [5.41, 5.74) is 2.35. The topological polar surface area (TPSA) is 127 Å². The van der Waals surface area contributed by atoms with Gasteiger partial charge in [-0.25, -0.2) is 4.99 Å². The van der Waals surface area contributed by atoms with Crippen molar-refractivity contribution >= 4 is 51.9 Å². The normalized spacial score (nSPS) is 15.6. The number of anilines is 1. The average Bonchev–Trinajstić information content (AvgIpc) is 3.35. The number of hydrogen-bond donors (Lipinski definition) is 2. The number of thioether (sulfide) groups is 1. The molecule has 1 saturated heterocycles. The lowest BCUT2D eigenvalue weighted by Gasteiger charge is -2.02. The Morgan fingerprint density at radius 1 is 1.18 bits per heavy atom. The summed E-state index contributed by atoms with van der Waals surface area (Å²) in [4.78, 5) is 39.2. The highest BCUT2D eigenvalue weighted by molar-refractivity contribution is 8.18. The van der Waals surface area contributed by atoms with Crippen LogP contribution < -0.4 is 10.6 Å². The van der Waals surface area contributed by atoms with Crippen molar-refractivity contribution in [3.8, 4) is 11.3 Å². The molecule has 2 N–H and O–H groups in total. The molecule has 4 rings (SSSR count). The summed E-state index contributed by atoms with van der Waals surface area (Å²) in [5.74, 6) is 0.233. The molecule has 2 aromatic carbocycles. The number of aryl methyl sites for hydroxylation is 1. The predicted octanol–water partition coefficient (Wildman–Crippen LogP) is 5.01. The molecular formula is C23H18N4O5S. The first kappa shape index (κ1) is 22.0. The van der Waals surface area contributed by atoms with Gasteiger partial charge in [0, 0.05) is 24.8 Å². The highest BCUT2D eigenvalue weighted by Crippen LogP contribution is 2.34. The standard InChI is InChI=1S/C23H18N4O5S/c1-13-3-9-18(19(11-13)27(30)31)20-10-8-17(32-20)12-21-22(29)26-23(33-21)25-16-6-4-15(5-7-16)24-14(2)28/h3-12H,1-2H3,(H,24,28)(H,25,26,29). The van der Waals surface area contributed by atoms with E-state index in [1.807, 2.05) is 0 Å². The van der Waals surface area contributed by atoms with Crippen LogP contribution >= 0.6 is 11.8 Å². The molecule has 9 nitrogen and oxygen atoms in total. The summed E-state index contributed by atoms with van der Waals surface area (Å²) in [6, 6.07) is 15.1. The Morgan fingerprint density at radius 3 is 2.64 bits per heavy atom. The second-order valence-electron chi connectivity index (χ2n) is 7.19. The van der Waals surface area contributed by atoms with Gasteiger partial charge in [-0.05, 0) is 66.7 Å². The third-order valence-corrected chi connectivity index (χ3v) is 5.49. The molecule has 0 spiro atoms. The number of nitrogens with one attached hydrogen (secondary N) is 2. The van der Waals surface area contributed by atoms with Gasteiger partial charge in [0.15, 0.2) is 5.17 Å². The maximum Gasteiger partial charge on any atom is 0.280 e. The van der Waals surface area contributed by atoms with Gasteiger partial charge in [0.1, 0.15) is 11.5 Å². The molecule has 3 aromatic rings. The summed E-state index contributed by atoms with van der Waals surface area (Å²) < 4.78 is 5.76. The van der Waals surface area contributed by atoms with Crippen LogP contribution in [0, 0.1) is 17.0 Å². The number of nitrogens with zero attached hydrogens (tertiary/aromatic N) is 2. The molecule has 1 aromatic heterocycles. The Morgan fingerprint density at radius 2 is 1.94 bits per heavy atom. The minimum absolute atomic E-state index is 0.0459. The minimum atomic E-state index is -0.450. The van der Waals surface area contributed by atoms with Gasteiger partial charge in [-0.3, -0.25) is 19.7 Å². The minimum Gasteiger partial charge on any atom is -0.456 e. The number of carbonyl (C=O) groups is 2. The van der Waals surface area contributed by atoms with E-state index in [0.717, 1.165) is 17.3 Å². The zero-order valence-corrected chi connectivity index (χ0v) is 18.4. The second kappa shape index (κ2) is 9.13. The predicted molar refractivity (Wildman–Crippen MR) is 127 cm³/mol. The lowest BCUT2D eigenvalue weighted by atomic mass is 10.1. The fourth-order valence-electron chi connectivity index (χ4n) is 3.13. The highest BCUT2D eigenvalue weighted by atomic mass is 32.2. The maximum atomic E-state index is 12.4. The summed E-state index contributed by atoms with van der Waals surface area (Å²) in [6.07, 6.45) is 1.56. The molecule has 2 heterocycles. The fraction of sp³-hybridized carbons (Fsp3) is 0.0870. The van der Waals surface area contributed by atoms with Crippen LogP contribution in [0.25, 0.3) is 17.4 Å². The van der Waals surface area contributed by atoms with Crippen LogP contribution in [0.15, 0.2) is 68.9 Å². The van der Waals surface area contributed by atoms with Gasteiger partial charge in [-0.15, -0.1) is 0 Å². The van der Waals surface area contributed by atoms with Gasteiger partial charge in [0.25, 0.3) is 11.6 Å². The molecule has 166 valence electrons. The largest absolute Gasteiger partial charge is 0.456 e. The molecule has 1 aliphatic heterocycles. The number of hydrogen-bond acceptors (Lipinski definition) is 7. The quantitative estimate of drug-likeness (QED) is 0.312. The Balaban J connectivity index is 1.53. The first-order valence-corrected chi connectivity index (χ1v) is 10.6. The van der Waals surface area contributed by atoms with Gasteiger partial charge in [0.2, 0.25) is 5.91 Å². The van der Waals surface area contributed by atoms with Gasteiger partial charge < -0.3 is 15.1 Å². The van der Waals surface area contributed by atoms with E-state index in [-0.39, 0.29) is 17.5 Å². The Labute approximate surface area is 192 Å². The van der Waals surface area contributed by atoms with Gasteiger partial charge in [0.05, 0.1) is 21.1 Å². The van der Waals surface area contributed by atoms with Crippen LogP contribution in [0.4, 0.5) is 17.1 Å². The molecule has 0 saturated carbocycles. The molecule has 0 atom stereocenters. The zero-order valence-electron chi connectivity index (χ0n) is 17.6. The summed E-state index contributed by atoms with van der Waals surface area (Å²) in [7, 11) is 0. The highest BCUT2D eigenvalue weighted by Gasteiger charge is 2.25. The molecule has 2 amide bonds. The number of nitro benzene ring substituents is 1. The van der Waals surface area contributed by atoms with E-state index in [1.54, 1.807) is 61.5 Å². The smallest absolute Gasteiger partial charge is 0.280 e.